The lowest BCUT2D eigenvalue weighted by Gasteiger charge is -2.39. The van der Waals surface area contributed by atoms with Crippen LogP contribution in [0.25, 0.3) is 5.57 Å². The highest BCUT2D eigenvalue weighted by Gasteiger charge is 2.30. The lowest BCUT2D eigenvalue weighted by molar-refractivity contribution is 0.197. The first-order valence-corrected chi connectivity index (χ1v) is 9.32. The van der Waals surface area contributed by atoms with Gasteiger partial charge in [-0.3, -0.25) is 4.90 Å². The molecule has 0 saturated carbocycles. The molecule has 1 nitrogen and oxygen atoms in total. The summed E-state index contributed by atoms with van der Waals surface area (Å²) in [5, 5.41) is 0. The molecule has 0 N–H and O–H groups in total. The summed E-state index contributed by atoms with van der Waals surface area (Å²) in [4.78, 5) is 2.51. The summed E-state index contributed by atoms with van der Waals surface area (Å²) in [6, 6.07) is 31.1. The molecule has 26 heavy (non-hydrogen) atoms. The van der Waals surface area contributed by atoms with E-state index in [0.29, 0.717) is 6.04 Å². The van der Waals surface area contributed by atoms with Crippen LogP contribution in [0.2, 0.25) is 0 Å². The van der Waals surface area contributed by atoms with Gasteiger partial charge in [0, 0.05) is 6.04 Å². The highest BCUT2D eigenvalue weighted by Crippen LogP contribution is 2.43. The Morgan fingerprint density at radius 2 is 1.31 bits per heavy atom. The van der Waals surface area contributed by atoms with Crippen LogP contribution in [0.1, 0.15) is 40.8 Å². The minimum Gasteiger partial charge on any atom is -0.289 e. The molecule has 0 bridgehead atoms. The fraction of sp³-hybridized carbons (Fsp3) is 0.200. The molecular formula is C25H25N. The number of benzene rings is 3. The van der Waals surface area contributed by atoms with Crippen LogP contribution in [0.4, 0.5) is 0 Å². The van der Waals surface area contributed by atoms with Crippen molar-refractivity contribution in [2.75, 3.05) is 7.05 Å². The summed E-state index contributed by atoms with van der Waals surface area (Å²) in [7, 11) is 2.25. The quantitative estimate of drug-likeness (QED) is 0.549. The first kappa shape index (κ1) is 16.8. The molecule has 130 valence electrons. The maximum Gasteiger partial charge on any atom is 0.0540 e. The predicted molar refractivity (Wildman–Crippen MR) is 110 cm³/mol. The van der Waals surface area contributed by atoms with Crippen molar-refractivity contribution in [3.63, 3.8) is 0 Å². The Morgan fingerprint density at radius 3 is 1.96 bits per heavy atom. The molecule has 0 saturated heterocycles. The number of hydrogen-bond donors (Lipinski definition) is 0. The maximum atomic E-state index is 2.51. The lowest BCUT2D eigenvalue weighted by atomic mass is 9.84. The van der Waals surface area contributed by atoms with E-state index in [4.69, 9.17) is 0 Å². The lowest BCUT2D eigenvalue weighted by Crippen LogP contribution is -2.32. The van der Waals surface area contributed by atoms with Crippen molar-refractivity contribution in [2.24, 2.45) is 0 Å². The number of rotatable bonds is 3. The Bertz CT molecular complexity index is 896. The van der Waals surface area contributed by atoms with Crippen LogP contribution in [-0.2, 0) is 0 Å². The van der Waals surface area contributed by atoms with Crippen LogP contribution in [0.5, 0.6) is 0 Å². The molecule has 1 heterocycles. The van der Waals surface area contributed by atoms with E-state index in [1.54, 1.807) is 0 Å². The zero-order valence-corrected chi connectivity index (χ0v) is 15.5. The Balaban J connectivity index is 1.81. The Labute approximate surface area is 156 Å². The van der Waals surface area contributed by atoms with Gasteiger partial charge in [0.1, 0.15) is 0 Å². The van der Waals surface area contributed by atoms with Gasteiger partial charge in [0.15, 0.2) is 0 Å². The minimum atomic E-state index is 0.282. The summed E-state index contributed by atoms with van der Waals surface area (Å²) in [6.45, 7) is 2.21. The molecule has 0 fully saturated rings. The van der Waals surface area contributed by atoms with E-state index >= 15 is 0 Å². The first-order valence-electron chi connectivity index (χ1n) is 9.32. The molecule has 0 aromatic heterocycles. The molecule has 0 radical (unpaired) electrons. The zero-order valence-electron chi connectivity index (χ0n) is 15.5. The van der Waals surface area contributed by atoms with Crippen LogP contribution in [-0.4, -0.2) is 11.9 Å². The van der Waals surface area contributed by atoms with Gasteiger partial charge in [0.25, 0.3) is 0 Å². The van der Waals surface area contributed by atoms with E-state index in [0.717, 1.165) is 6.42 Å². The van der Waals surface area contributed by atoms with Crippen LogP contribution in [0.3, 0.4) is 0 Å². The van der Waals surface area contributed by atoms with Crippen molar-refractivity contribution in [3.05, 3.63) is 113 Å². The SMILES string of the molecule is Cc1ccccc1C1=CC(c2ccccc2)N(C)C(c2ccccc2)C1. The summed E-state index contributed by atoms with van der Waals surface area (Å²) in [5.41, 5.74) is 6.91. The number of nitrogens with zero attached hydrogens (tertiary/aromatic N) is 1. The van der Waals surface area contributed by atoms with Gasteiger partial charge in [-0.25, -0.2) is 0 Å². The molecule has 3 aromatic carbocycles. The van der Waals surface area contributed by atoms with Gasteiger partial charge < -0.3 is 0 Å². The first-order chi connectivity index (χ1) is 12.7. The number of aryl methyl sites for hydroxylation is 1. The molecule has 0 aliphatic carbocycles. The van der Waals surface area contributed by atoms with E-state index in [9.17, 15) is 0 Å². The molecule has 2 atom stereocenters. The third-order valence-corrected chi connectivity index (χ3v) is 5.52. The van der Waals surface area contributed by atoms with E-state index < -0.39 is 0 Å². The van der Waals surface area contributed by atoms with Gasteiger partial charge in [-0.1, -0.05) is 91.0 Å². The summed E-state index contributed by atoms with van der Waals surface area (Å²) in [5.74, 6) is 0. The third-order valence-electron chi connectivity index (χ3n) is 5.52. The van der Waals surface area contributed by atoms with Crippen molar-refractivity contribution >= 4 is 5.57 Å². The molecule has 1 aliphatic rings. The van der Waals surface area contributed by atoms with Crippen LogP contribution in [0, 0.1) is 6.92 Å². The van der Waals surface area contributed by atoms with Crippen molar-refractivity contribution in [1.29, 1.82) is 0 Å². The highest BCUT2D eigenvalue weighted by molar-refractivity contribution is 5.70. The van der Waals surface area contributed by atoms with E-state index in [-0.39, 0.29) is 6.04 Å². The molecule has 0 amide bonds. The fourth-order valence-electron chi connectivity index (χ4n) is 4.07. The van der Waals surface area contributed by atoms with Gasteiger partial charge in [-0.15, -0.1) is 0 Å². The summed E-state index contributed by atoms with van der Waals surface area (Å²) >= 11 is 0. The fourth-order valence-corrected chi connectivity index (χ4v) is 4.07. The zero-order chi connectivity index (χ0) is 17.9. The van der Waals surface area contributed by atoms with Gasteiger partial charge in [-0.05, 0) is 48.2 Å². The van der Waals surface area contributed by atoms with Crippen molar-refractivity contribution < 1.29 is 0 Å². The molecular weight excluding hydrogens is 314 g/mol. The average Bonchev–Trinajstić information content (AvgIpc) is 2.70. The Morgan fingerprint density at radius 1 is 0.731 bits per heavy atom. The van der Waals surface area contributed by atoms with Gasteiger partial charge in [0.05, 0.1) is 6.04 Å². The van der Waals surface area contributed by atoms with Crippen LogP contribution in [0.15, 0.2) is 91.0 Å². The maximum absolute atomic E-state index is 2.51. The second kappa shape index (κ2) is 7.31. The van der Waals surface area contributed by atoms with Crippen LogP contribution < -0.4 is 0 Å². The van der Waals surface area contributed by atoms with Gasteiger partial charge >= 0.3 is 0 Å². The molecule has 1 aliphatic heterocycles. The summed E-state index contributed by atoms with van der Waals surface area (Å²) < 4.78 is 0. The second-order valence-electron chi connectivity index (χ2n) is 7.16. The molecule has 3 aromatic rings. The number of likely N-dealkylation sites (N-methyl/N-ethyl adjacent to an activating group) is 1. The van der Waals surface area contributed by atoms with E-state index in [1.165, 1.54) is 27.8 Å². The molecule has 0 spiro atoms. The minimum absolute atomic E-state index is 0.282. The monoisotopic (exact) mass is 339 g/mol. The second-order valence-corrected chi connectivity index (χ2v) is 7.16. The standard InChI is InChI=1S/C25H25N/c1-19-11-9-10-16-23(19)22-17-24(20-12-5-3-6-13-20)26(2)25(18-22)21-14-7-4-8-15-21/h3-17,24-25H,18H2,1-2H3. The highest BCUT2D eigenvalue weighted by atomic mass is 15.2. The van der Waals surface area contributed by atoms with Crippen LogP contribution >= 0.6 is 0 Å². The predicted octanol–water partition coefficient (Wildman–Crippen LogP) is 6.20. The average molecular weight is 339 g/mol. The molecule has 2 unspecified atom stereocenters. The van der Waals surface area contributed by atoms with Crippen molar-refractivity contribution in [3.8, 4) is 0 Å². The van der Waals surface area contributed by atoms with Crippen molar-refractivity contribution in [1.82, 2.24) is 4.90 Å². The number of hydrogen-bond acceptors (Lipinski definition) is 1. The normalized spacial score (nSPS) is 20.6. The Kier molecular flexibility index (Phi) is 4.73. The molecule has 1 heteroatoms. The van der Waals surface area contributed by atoms with E-state index in [1.807, 2.05) is 0 Å². The van der Waals surface area contributed by atoms with Crippen molar-refractivity contribution in [2.45, 2.75) is 25.4 Å². The third kappa shape index (κ3) is 3.23. The smallest absolute Gasteiger partial charge is 0.0540 e. The van der Waals surface area contributed by atoms with Gasteiger partial charge in [-0.2, -0.15) is 0 Å². The summed E-state index contributed by atoms with van der Waals surface area (Å²) in [6.07, 6.45) is 3.49. The topological polar surface area (TPSA) is 3.24 Å². The van der Waals surface area contributed by atoms with E-state index in [2.05, 4.69) is 110 Å². The largest absolute Gasteiger partial charge is 0.289 e. The van der Waals surface area contributed by atoms with Gasteiger partial charge in [0.2, 0.25) is 0 Å². The Hall–Kier alpha value is -2.64. The molecule has 4 rings (SSSR count).